The molecular weight excluding hydrogens is 294 g/mol. The fraction of sp³-hybridized carbons (Fsp3) is 0.154. The summed E-state index contributed by atoms with van der Waals surface area (Å²) in [7, 11) is 0. The predicted octanol–water partition coefficient (Wildman–Crippen LogP) is 3.75. The number of rotatable bonds is 4. The second-order valence-electron chi connectivity index (χ2n) is 4.13. The van der Waals surface area contributed by atoms with E-state index in [1.807, 2.05) is 0 Å². The topological polar surface area (TPSA) is 62.5 Å². The van der Waals surface area contributed by atoms with Crippen LogP contribution in [0.5, 0.6) is 0 Å². The molecule has 112 valence electrons. The zero-order valence-electron chi connectivity index (χ0n) is 10.4. The normalized spacial score (nSPS) is 11.4. The third kappa shape index (κ3) is 3.33. The molecule has 8 heteroatoms. The maximum atomic E-state index is 13.5. The lowest BCUT2D eigenvalue weighted by molar-refractivity contribution is -0.137. The van der Waals surface area contributed by atoms with Gasteiger partial charge in [0.1, 0.15) is 5.82 Å². The van der Waals surface area contributed by atoms with Gasteiger partial charge in [-0.25, -0.2) is 9.18 Å². The summed E-state index contributed by atoms with van der Waals surface area (Å²) >= 11 is 0. The summed E-state index contributed by atoms with van der Waals surface area (Å²) in [6.45, 7) is -0.184. The van der Waals surface area contributed by atoms with Crippen LogP contribution in [-0.4, -0.2) is 11.1 Å². The van der Waals surface area contributed by atoms with Crippen LogP contribution in [0.1, 0.15) is 21.7 Å². The van der Waals surface area contributed by atoms with Crippen molar-refractivity contribution in [3.8, 4) is 0 Å². The van der Waals surface area contributed by atoms with E-state index in [0.29, 0.717) is 18.2 Å². The van der Waals surface area contributed by atoms with Gasteiger partial charge in [-0.2, -0.15) is 13.2 Å². The van der Waals surface area contributed by atoms with Crippen molar-refractivity contribution in [2.45, 2.75) is 12.7 Å². The van der Waals surface area contributed by atoms with E-state index in [1.54, 1.807) is 0 Å². The van der Waals surface area contributed by atoms with E-state index in [4.69, 9.17) is 9.52 Å². The lowest BCUT2D eigenvalue weighted by Gasteiger charge is -2.11. The zero-order valence-corrected chi connectivity index (χ0v) is 10.4. The van der Waals surface area contributed by atoms with Gasteiger partial charge in [0.05, 0.1) is 17.5 Å². The third-order valence-corrected chi connectivity index (χ3v) is 2.70. The van der Waals surface area contributed by atoms with Crippen molar-refractivity contribution in [1.82, 2.24) is 0 Å². The number of halogens is 4. The maximum Gasteiger partial charge on any atom is 0.416 e. The van der Waals surface area contributed by atoms with Crippen molar-refractivity contribution in [2.24, 2.45) is 0 Å². The van der Waals surface area contributed by atoms with Gasteiger partial charge in [-0.1, -0.05) is 0 Å². The smallest absolute Gasteiger partial charge is 0.416 e. The summed E-state index contributed by atoms with van der Waals surface area (Å²) in [5, 5.41) is 11.2. The lowest BCUT2D eigenvalue weighted by atomic mass is 10.1. The van der Waals surface area contributed by atoms with Crippen LogP contribution < -0.4 is 5.32 Å². The number of anilines is 1. The van der Waals surface area contributed by atoms with E-state index < -0.39 is 23.5 Å². The summed E-state index contributed by atoms with van der Waals surface area (Å²) in [5.41, 5.74) is -1.18. The Hall–Kier alpha value is -2.51. The minimum absolute atomic E-state index is 0.184. The second kappa shape index (κ2) is 5.47. The van der Waals surface area contributed by atoms with Crippen LogP contribution in [-0.2, 0) is 12.7 Å². The Bertz CT molecular complexity index is 664. The highest BCUT2D eigenvalue weighted by atomic mass is 19.4. The predicted molar refractivity (Wildman–Crippen MR) is 64.4 cm³/mol. The minimum atomic E-state index is -4.59. The summed E-state index contributed by atoms with van der Waals surface area (Å²) < 4.78 is 55.8. The van der Waals surface area contributed by atoms with Crippen LogP contribution in [0.4, 0.5) is 23.2 Å². The Kier molecular flexibility index (Phi) is 3.88. The fourth-order valence-electron chi connectivity index (χ4n) is 1.69. The number of furan rings is 1. The molecule has 0 spiro atoms. The summed E-state index contributed by atoms with van der Waals surface area (Å²) in [4.78, 5) is 10.8. The molecule has 0 saturated heterocycles. The minimum Gasteiger partial charge on any atom is -0.475 e. The van der Waals surface area contributed by atoms with Gasteiger partial charge in [-0.05, 0) is 24.3 Å². The molecule has 0 atom stereocenters. The number of benzene rings is 1. The first kappa shape index (κ1) is 14.9. The van der Waals surface area contributed by atoms with Gasteiger partial charge in [-0.3, -0.25) is 0 Å². The molecule has 0 aliphatic heterocycles. The molecule has 0 saturated carbocycles. The standard InChI is InChI=1S/C13H9F4NO3/c14-9-2-1-8(13(15,16)17)5-10(9)18-6-7-3-4-21-11(7)12(19)20/h1-5,18H,6H2,(H,19,20). The number of hydrogen-bond acceptors (Lipinski definition) is 3. The van der Waals surface area contributed by atoms with Gasteiger partial charge >= 0.3 is 12.1 Å². The number of nitrogens with one attached hydrogen (secondary N) is 1. The lowest BCUT2D eigenvalue weighted by Crippen LogP contribution is -2.09. The largest absolute Gasteiger partial charge is 0.475 e. The first-order chi connectivity index (χ1) is 9.79. The Labute approximate surface area is 116 Å². The van der Waals surface area contributed by atoms with Gasteiger partial charge in [0, 0.05) is 12.1 Å². The molecule has 0 bridgehead atoms. The molecule has 2 aromatic rings. The summed E-state index contributed by atoms with van der Waals surface area (Å²) in [5.74, 6) is -2.54. The highest BCUT2D eigenvalue weighted by molar-refractivity contribution is 5.86. The van der Waals surface area contributed by atoms with Crippen molar-refractivity contribution in [3.05, 3.63) is 53.2 Å². The van der Waals surface area contributed by atoms with Crippen LogP contribution in [0.25, 0.3) is 0 Å². The highest BCUT2D eigenvalue weighted by Crippen LogP contribution is 2.32. The number of carboxylic acid groups (broad SMARTS) is 1. The van der Waals surface area contributed by atoms with E-state index in [-0.39, 0.29) is 23.6 Å². The SMILES string of the molecule is O=C(O)c1occc1CNc1cc(C(F)(F)F)ccc1F. The van der Waals surface area contributed by atoms with Gasteiger partial charge in [-0.15, -0.1) is 0 Å². The number of carboxylic acids is 1. The maximum absolute atomic E-state index is 13.5. The third-order valence-electron chi connectivity index (χ3n) is 2.70. The van der Waals surface area contributed by atoms with Crippen molar-refractivity contribution < 1.29 is 31.9 Å². The van der Waals surface area contributed by atoms with Crippen LogP contribution in [0.3, 0.4) is 0 Å². The van der Waals surface area contributed by atoms with Gasteiger partial charge in [0.15, 0.2) is 0 Å². The molecule has 0 amide bonds. The van der Waals surface area contributed by atoms with Gasteiger partial charge in [0.2, 0.25) is 5.76 Å². The molecule has 0 radical (unpaired) electrons. The number of aromatic carboxylic acids is 1. The van der Waals surface area contributed by atoms with Crippen molar-refractivity contribution in [2.75, 3.05) is 5.32 Å². The van der Waals surface area contributed by atoms with Crippen molar-refractivity contribution in [1.29, 1.82) is 0 Å². The first-order valence-corrected chi connectivity index (χ1v) is 5.69. The molecule has 2 N–H and O–H groups in total. The zero-order chi connectivity index (χ0) is 15.6. The number of carbonyl (C=O) groups is 1. The summed E-state index contributed by atoms with van der Waals surface area (Å²) in [6, 6.07) is 3.28. The van der Waals surface area contributed by atoms with Crippen molar-refractivity contribution >= 4 is 11.7 Å². The van der Waals surface area contributed by atoms with E-state index in [0.717, 1.165) is 6.26 Å². The molecule has 2 rings (SSSR count). The molecule has 4 nitrogen and oxygen atoms in total. The molecule has 0 fully saturated rings. The molecule has 0 unspecified atom stereocenters. The molecule has 21 heavy (non-hydrogen) atoms. The highest BCUT2D eigenvalue weighted by Gasteiger charge is 2.31. The fourth-order valence-corrected chi connectivity index (χ4v) is 1.69. The molecule has 1 heterocycles. The van der Waals surface area contributed by atoms with Crippen molar-refractivity contribution in [3.63, 3.8) is 0 Å². The Balaban J connectivity index is 2.20. The van der Waals surface area contributed by atoms with Crippen LogP contribution >= 0.6 is 0 Å². The van der Waals surface area contributed by atoms with E-state index in [2.05, 4.69) is 5.32 Å². The van der Waals surface area contributed by atoms with E-state index >= 15 is 0 Å². The molecular formula is C13H9F4NO3. The molecule has 1 aromatic carbocycles. The molecule has 0 aliphatic carbocycles. The first-order valence-electron chi connectivity index (χ1n) is 5.69. The van der Waals surface area contributed by atoms with E-state index in [9.17, 15) is 22.4 Å². The average molecular weight is 303 g/mol. The monoisotopic (exact) mass is 303 g/mol. The van der Waals surface area contributed by atoms with Gasteiger partial charge < -0.3 is 14.8 Å². The molecule has 1 aromatic heterocycles. The average Bonchev–Trinajstić information content (AvgIpc) is 2.85. The van der Waals surface area contributed by atoms with Gasteiger partial charge in [0.25, 0.3) is 0 Å². The van der Waals surface area contributed by atoms with Crippen LogP contribution in [0, 0.1) is 5.82 Å². The van der Waals surface area contributed by atoms with E-state index in [1.165, 1.54) is 6.07 Å². The number of alkyl halides is 3. The quantitative estimate of drug-likeness (QED) is 0.844. The van der Waals surface area contributed by atoms with Crippen LogP contribution in [0.2, 0.25) is 0 Å². The Morgan fingerprint density at radius 3 is 2.62 bits per heavy atom. The summed E-state index contributed by atoms with van der Waals surface area (Å²) in [6.07, 6.45) is -3.46. The number of hydrogen-bond donors (Lipinski definition) is 2. The second-order valence-corrected chi connectivity index (χ2v) is 4.13. The Morgan fingerprint density at radius 2 is 2.00 bits per heavy atom. The Morgan fingerprint density at radius 1 is 1.29 bits per heavy atom. The molecule has 0 aliphatic rings. The van der Waals surface area contributed by atoms with Crippen LogP contribution in [0.15, 0.2) is 34.9 Å².